The third kappa shape index (κ3) is 6.53. The predicted octanol–water partition coefficient (Wildman–Crippen LogP) is 3.91. The topological polar surface area (TPSA) is 144 Å². The zero-order chi connectivity index (χ0) is 33.7. The van der Waals surface area contributed by atoms with Crippen LogP contribution in [-0.4, -0.2) is 72.4 Å². The van der Waals surface area contributed by atoms with E-state index in [0.29, 0.717) is 28.9 Å². The lowest BCUT2D eigenvalue weighted by atomic mass is 9.91. The number of nitrogens with one attached hydrogen (secondary N) is 2. The van der Waals surface area contributed by atoms with Gasteiger partial charge in [0.2, 0.25) is 22.7 Å². The van der Waals surface area contributed by atoms with Crippen molar-refractivity contribution in [3.63, 3.8) is 0 Å². The number of hydrogen-bond acceptors (Lipinski definition) is 8. The number of allylic oxidation sites excluding steroid dienone is 1. The molecule has 14 heteroatoms. The zero-order valence-electron chi connectivity index (χ0n) is 26.6. The number of methoxy groups -OCH3 is 1. The van der Waals surface area contributed by atoms with Crippen LogP contribution in [0.4, 0.5) is 8.78 Å². The van der Waals surface area contributed by atoms with Gasteiger partial charge in [0.05, 0.1) is 25.2 Å². The van der Waals surface area contributed by atoms with Crippen molar-refractivity contribution >= 4 is 38.5 Å². The first-order valence-corrected chi connectivity index (χ1v) is 17.6. The molecule has 2 aliphatic heterocycles. The Labute approximate surface area is 272 Å². The Bertz CT molecular complexity index is 1730. The first kappa shape index (κ1) is 33.1. The molecule has 0 unspecified atom stereocenters. The summed E-state index contributed by atoms with van der Waals surface area (Å²) >= 11 is 0. The molecule has 0 spiro atoms. The molecular weight excluding hydrogens is 634 g/mol. The molecule has 3 fully saturated rings. The molecule has 254 valence electrons. The van der Waals surface area contributed by atoms with Crippen molar-refractivity contribution in [2.24, 2.45) is 17.8 Å². The molecule has 11 nitrogen and oxygen atoms in total. The fourth-order valence-corrected chi connectivity index (χ4v) is 8.14. The Hall–Kier alpha value is -3.81. The zero-order valence-corrected chi connectivity index (χ0v) is 27.4. The molecule has 6 rings (SSSR count). The molecule has 2 saturated carbocycles. The average Bonchev–Trinajstić information content (AvgIpc) is 3.89. The Morgan fingerprint density at radius 2 is 1.91 bits per heavy atom. The van der Waals surface area contributed by atoms with E-state index in [1.165, 1.54) is 30.3 Å². The van der Waals surface area contributed by atoms with E-state index in [1.807, 2.05) is 17.7 Å². The number of sulfonamides is 1. The summed E-state index contributed by atoms with van der Waals surface area (Å²) in [6, 6.07) is 3.07. The second-order valence-corrected chi connectivity index (χ2v) is 15.5. The van der Waals surface area contributed by atoms with E-state index in [0.717, 1.165) is 12.8 Å². The van der Waals surface area contributed by atoms with Crippen LogP contribution in [0, 0.1) is 23.6 Å². The van der Waals surface area contributed by atoms with Crippen LogP contribution in [0.2, 0.25) is 0 Å². The first-order valence-electron chi connectivity index (χ1n) is 16.1. The summed E-state index contributed by atoms with van der Waals surface area (Å²) in [6.45, 7) is 4.14. The minimum Gasteiger partial charge on any atom is -0.494 e. The SMILES string of the molecule is COc1cnc(O[C@@H]2C[C@H]3C(=O)N[C@]4(C(=O)NS(=O)(=O)C5(F)CC5)C[C@H]4/C=C\CC[C@@H](C)C[C@@H](C)CC(=O)N3C2)c2cc(F)ccc12. The molecule has 1 aromatic heterocycles. The van der Waals surface area contributed by atoms with Crippen molar-refractivity contribution < 1.29 is 41.1 Å². The number of carbonyl (C=O) groups is 3. The highest BCUT2D eigenvalue weighted by molar-refractivity contribution is 7.91. The maximum Gasteiger partial charge on any atom is 0.270 e. The number of halogens is 2. The third-order valence-electron chi connectivity index (χ3n) is 9.80. The van der Waals surface area contributed by atoms with Crippen LogP contribution in [0.3, 0.4) is 0 Å². The monoisotopic (exact) mass is 674 g/mol. The van der Waals surface area contributed by atoms with E-state index >= 15 is 0 Å². The number of amides is 3. The normalized spacial score (nSPS) is 31.4. The summed E-state index contributed by atoms with van der Waals surface area (Å²) in [5.41, 5.74) is -1.62. The molecule has 3 heterocycles. The Kier molecular flexibility index (Phi) is 8.69. The van der Waals surface area contributed by atoms with Crippen molar-refractivity contribution in [3.8, 4) is 11.6 Å². The molecule has 3 amide bonds. The summed E-state index contributed by atoms with van der Waals surface area (Å²) in [5, 5.41) is 1.19. The van der Waals surface area contributed by atoms with Gasteiger partial charge in [-0.15, -0.1) is 0 Å². The maximum atomic E-state index is 14.6. The van der Waals surface area contributed by atoms with Crippen LogP contribution in [0.15, 0.2) is 36.5 Å². The molecule has 4 aliphatic rings. The Morgan fingerprint density at radius 3 is 2.64 bits per heavy atom. The predicted molar refractivity (Wildman–Crippen MR) is 168 cm³/mol. The van der Waals surface area contributed by atoms with Crippen molar-refractivity contribution in [2.75, 3.05) is 13.7 Å². The Morgan fingerprint density at radius 1 is 1.15 bits per heavy atom. The molecule has 1 aromatic carbocycles. The van der Waals surface area contributed by atoms with Crippen molar-refractivity contribution in [1.29, 1.82) is 0 Å². The van der Waals surface area contributed by atoms with E-state index in [-0.39, 0.29) is 56.4 Å². The maximum absolute atomic E-state index is 14.6. The van der Waals surface area contributed by atoms with Crippen molar-refractivity contribution in [3.05, 3.63) is 42.4 Å². The lowest BCUT2D eigenvalue weighted by molar-refractivity contribution is -0.140. The first-order chi connectivity index (χ1) is 22.2. The minimum absolute atomic E-state index is 0.0327. The van der Waals surface area contributed by atoms with E-state index in [4.69, 9.17) is 9.47 Å². The number of aromatic nitrogens is 1. The van der Waals surface area contributed by atoms with Crippen LogP contribution >= 0.6 is 0 Å². The van der Waals surface area contributed by atoms with E-state index in [2.05, 4.69) is 17.2 Å². The lowest BCUT2D eigenvalue weighted by Gasteiger charge is -2.27. The molecule has 1 saturated heterocycles. The number of pyridine rings is 1. The minimum atomic E-state index is -4.61. The smallest absolute Gasteiger partial charge is 0.270 e. The van der Waals surface area contributed by atoms with Gasteiger partial charge in [-0.3, -0.25) is 14.4 Å². The van der Waals surface area contributed by atoms with E-state index in [1.54, 1.807) is 12.1 Å². The highest BCUT2D eigenvalue weighted by Gasteiger charge is 2.64. The summed E-state index contributed by atoms with van der Waals surface area (Å²) < 4.78 is 67.6. The van der Waals surface area contributed by atoms with Crippen LogP contribution in [0.25, 0.3) is 10.8 Å². The van der Waals surface area contributed by atoms with Gasteiger partial charge in [-0.1, -0.05) is 26.0 Å². The van der Waals surface area contributed by atoms with Crippen LogP contribution < -0.4 is 19.5 Å². The van der Waals surface area contributed by atoms with Gasteiger partial charge in [0.15, 0.2) is 0 Å². The molecular formula is C33H40F2N4O7S. The highest BCUT2D eigenvalue weighted by atomic mass is 32.2. The largest absolute Gasteiger partial charge is 0.494 e. The quantitative estimate of drug-likeness (QED) is 0.439. The summed E-state index contributed by atoms with van der Waals surface area (Å²) in [5.74, 6) is -2.06. The lowest BCUT2D eigenvalue weighted by Crippen LogP contribution is -2.57. The van der Waals surface area contributed by atoms with Gasteiger partial charge < -0.3 is 19.7 Å². The van der Waals surface area contributed by atoms with Crippen LogP contribution in [0.5, 0.6) is 11.6 Å². The van der Waals surface area contributed by atoms with E-state index < -0.39 is 56.3 Å². The van der Waals surface area contributed by atoms with Gasteiger partial charge in [0.25, 0.3) is 15.9 Å². The molecule has 0 bridgehead atoms. The summed E-state index contributed by atoms with van der Waals surface area (Å²) in [7, 11) is -3.14. The number of fused-ring (bicyclic) bond motifs is 3. The summed E-state index contributed by atoms with van der Waals surface area (Å²) in [6.07, 6.45) is 6.75. The average molecular weight is 675 g/mol. The summed E-state index contributed by atoms with van der Waals surface area (Å²) in [4.78, 5) is 47.0. The second-order valence-electron chi connectivity index (χ2n) is 13.6. The number of alkyl halides is 1. The van der Waals surface area contributed by atoms with Gasteiger partial charge >= 0.3 is 0 Å². The number of ether oxygens (including phenoxy) is 2. The molecule has 2 N–H and O–H groups in total. The van der Waals surface area contributed by atoms with Gasteiger partial charge in [-0.2, -0.15) is 0 Å². The van der Waals surface area contributed by atoms with Crippen LogP contribution in [0.1, 0.15) is 65.2 Å². The van der Waals surface area contributed by atoms with Gasteiger partial charge in [-0.05, 0) is 55.7 Å². The van der Waals surface area contributed by atoms with Crippen LogP contribution in [-0.2, 0) is 24.4 Å². The molecule has 2 aromatic rings. The third-order valence-corrected chi connectivity index (χ3v) is 11.6. The number of hydrogen-bond donors (Lipinski definition) is 2. The fourth-order valence-electron chi connectivity index (χ4n) is 6.89. The van der Waals surface area contributed by atoms with E-state index in [9.17, 15) is 31.6 Å². The number of benzene rings is 1. The van der Waals surface area contributed by atoms with Gasteiger partial charge in [0.1, 0.15) is 29.3 Å². The van der Waals surface area contributed by atoms with Crippen molar-refractivity contribution in [1.82, 2.24) is 19.9 Å². The molecule has 6 atom stereocenters. The van der Waals surface area contributed by atoms with Gasteiger partial charge in [-0.25, -0.2) is 26.9 Å². The van der Waals surface area contributed by atoms with Crippen molar-refractivity contribution in [2.45, 2.75) is 87.9 Å². The second kappa shape index (κ2) is 12.3. The number of nitrogens with zero attached hydrogens (tertiary/aromatic N) is 2. The standard InChI is InChI=1S/C33H40F2N4O7S/c1-19-6-4-5-7-21-16-33(21,31(42)38-47(43,44)32(35)10-11-32)37-29(41)26-15-23(18-39(26)28(40)13-20(2)12-19)46-30-25-14-22(34)8-9-24(25)27(45-3)17-36-30/h5,7-9,14,17,19-21,23,26H,4,6,10-13,15-16,18H2,1-3H3,(H,37,41)(H,38,42)/b7-5-/t19-,20-,21-,23-,26+,33-/m1/s1. The van der Waals surface area contributed by atoms with Gasteiger partial charge in [0, 0.05) is 37.0 Å². The Balaban J connectivity index is 1.29. The number of carbonyl (C=O) groups excluding carboxylic acids is 3. The highest BCUT2D eigenvalue weighted by Crippen LogP contribution is 2.48. The molecule has 0 radical (unpaired) electrons. The molecule has 2 aliphatic carbocycles. The number of rotatable bonds is 6. The molecule has 47 heavy (non-hydrogen) atoms. The fraction of sp³-hybridized carbons (Fsp3) is 0.576.